The number of ether oxygens (including phenoxy) is 2. The van der Waals surface area contributed by atoms with Crippen LogP contribution in [0.5, 0.6) is 0 Å². The van der Waals surface area contributed by atoms with Crippen LogP contribution in [0.1, 0.15) is 68.5 Å². The van der Waals surface area contributed by atoms with Crippen molar-refractivity contribution < 1.29 is 19.1 Å². The summed E-state index contributed by atoms with van der Waals surface area (Å²) in [5.41, 5.74) is 5.18. The Bertz CT molecular complexity index is 1100. The molecular formula is C27H34ClN3O4. The number of benzene rings is 1. The highest BCUT2D eigenvalue weighted by molar-refractivity contribution is 6.30. The second-order valence-electron chi connectivity index (χ2n) is 10.6. The Morgan fingerprint density at radius 2 is 2.00 bits per heavy atom. The molecule has 1 aromatic heterocycles. The molecule has 1 unspecified atom stereocenters. The van der Waals surface area contributed by atoms with Gasteiger partial charge in [-0.2, -0.15) is 0 Å². The molecular weight excluding hydrogens is 466 g/mol. The van der Waals surface area contributed by atoms with Crippen LogP contribution in [0, 0.1) is 5.41 Å². The van der Waals surface area contributed by atoms with E-state index in [0.29, 0.717) is 24.7 Å². The fraction of sp³-hybridized carbons (Fsp3) is 0.519. The number of amides is 1. The lowest BCUT2D eigenvalue weighted by Crippen LogP contribution is -2.36. The summed E-state index contributed by atoms with van der Waals surface area (Å²) >= 11 is 6.53. The maximum absolute atomic E-state index is 13.0. The second kappa shape index (κ2) is 10.5. The van der Waals surface area contributed by atoms with Gasteiger partial charge in [-0.1, -0.05) is 32.4 Å². The maximum Gasteiger partial charge on any atom is 0.418 e. The van der Waals surface area contributed by atoms with Gasteiger partial charge in [0.2, 0.25) is 0 Å². The van der Waals surface area contributed by atoms with Crippen LogP contribution in [-0.2, 0) is 33.8 Å². The number of rotatable bonds is 5. The number of likely N-dealkylation sites (tertiary alicyclic amines) is 1. The lowest BCUT2D eigenvalue weighted by atomic mass is 9.90. The van der Waals surface area contributed by atoms with Gasteiger partial charge in [-0.15, -0.1) is 0 Å². The van der Waals surface area contributed by atoms with Crippen molar-refractivity contribution in [2.75, 3.05) is 25.1 Å². The van der Waals surface area contributed by atoms with Crippen LogP contribution < -0.4 is 4.90 Å². The van der Waals surface area contributed by atoms with Crippen LogP contribution in [0.2, 0.25) is 5.02 Å². The monoisotopic (exact) mass is 499 g/mol. The largest absolute Gasteiger partial charge is 0.418 e. The van der Waals surface area contributed by atoms with E-state index in [9.17, 15) is 9.59 Å². The van der Waals surface area contributed by atoms with Crippen molar-refractivity contribution in [3.8, 4) is 0 Å². The number of aromatic nitrogens is 1. The van der Waals surface area contributed by atoms with Crippen molar-refractivity contribution in [2.45, 2.75) is 65.6 Å². The minimum atomic E-state index is -0.568. The molecule has 0 saturated carbocycles. The Balaban J connectivity index is 1.58. The van der Waals surface area contributed by atoms with Crippen molar-refractivity contribution in [2.24, 2.45) is 5.41 Å². The summed E-state index contributed by atoms with van der Waals surface area (Å²) in [7, 11) is 1.66. The molecule has 2 aliphatic rings. The molecule has 0 spiro atoms. The molecule has 0 N–H and O–H groups in total. The van der Waals surface area contributed by atoms with Crippen LogP contribution in [-0.4, -0.2) is 42.1 Å². The number of fused-ring (bicyclic) bond motifs is 1. The first-order chi connectivity index (χ1) is 16.6. The third-order valence-corrected chi connectivity index (χ3v) is 6.74. The van der Waals surface area contributed by atoms with E-state index < -0.39 is 12.1 Å². The molecule has 8 heteroatoms. The van der Waals surface area contributed by atoms with Crippen LogP contribution in [0.4, 0.5) is 10.5 Å². The number of halogens is 1. The van der Waals surface area contributed by atoms with Crippen molar-refractivity contribution in [1.82, 2.24) is 9.88 Å². The predicted molar refractivity (Wildman–Crippen MR) is 135 cm³/mol. The number of hydrogen-bond donors (Lipinski definition) is 0. The minimum absolute atomic E-state index is 0.168. The Hall–Kier alpha value is -2.64. The first kappa shape index (κ1) is 25.5. The Morgan fingerprint density at radius 1 is 1.20 bits per heavy atom. The number of anilines is 1. The molecule has 4 rings (SSSR count). The summed E-state index contributed by atoms with van der Waals surface area (Å²) in [5, 5.41) is 0.669. The van der Waals surface area contributed by atoms with E-state index in [0.717, 1.165) is 42.8 Å². The number of pyridine rings is 1. The highest BCUT2D eigenvalue weighted by atomic mass is 35.5. The SMILES string of the molecule is COCc1cc(N2CCc3cc(Cl)cc(C4CCCN4C(=O)OC(=O)CC(C)(C)C)c3C2)ccn1. The van der Waals surface area contributed by atoms with Gasteiger partial charge in [-0.05, 0) is 65.6 Å². The molecule has 35 heavy (non-hydrogen) atoms. The number of carbonyl (C=O) groups excluding carboxylic acids is 2. The fourth-order valence-electron chi connectivity index (χ4n) is 5.00. The van der Waals surface area contributed by atoms with Gasteiger partial charge in [0.1, 0.15) is 0 Å². The molecule has 1 aromatic carbocycles. The molecule has 2 aromatic rings. The Kier molecular flexibility index (Phi) is 7.67. The average molecular weight is 500 g/mol. The third kappa shape index (κ3) is 6.14. The predicted octanol–water partition coefficient (Wildman–Crippen LogP) is 5.68. The molecule has 1 fully saturated rings. The van der Waals surface area contributed by atoms with Crippen molar-refractivity contribution in [3.63, 3.8) is 0 Å². The van der Waals surface area contributed by atoms with Crippen molar-refractivity contribution >= 4 is 29.4 Å². The highest BCUT2D eigenvalue weighted by Gasteiger charge is 2.35. The van der Waals surface area contributed by atoms with Gasteiger partial charge in [0, 0.05) is 43.7 Å². The fourth-order valence-corrected chi connectivity index (χ4v) is 5.25. The van der Waals surface area contributed by atoms with Gasteiger partial charge in [-0.25, -0.2) is 4.79 Å². The minimum Gasteiger partial charge on any atom is -0.378 e. The third-order valence-electron chi connectivity index (χ3n) is 6.52. The van der Waals surface area contributed by atoms with Crippen LogP contribution >= 0.6 is 11.6 Å². The highest BCUT2D eigenvalue weighted by Crippen LogP contribution is 2.39. The zero-order valence-electron chi connectivity index (χ0n) is 21.0. The first-order valence-corrected chi connectivity index (χ1v) is 12.5. The molecule has 1 amide bonds. The molecule has 3 heterocycles. The van der Waals surface area contributed by atoms with Crippen molar-refractivity contribution in [3.05, 3.63) is 57.9 Å². The van der Waals surface area contributed by atoms with E-state index in [2.05, 4.69) is 16.0 Å². The molecule has 2 aliphatic heterocycles. The summed E-state index contributed by atoms with van der Waals surface area (Å²) in [4.78, 5) is 33.7. The normalized spacial score (nSPS) is 17.9. The number of methoxy groups -OCH3 is 1. The molecule has 1 atom stereocenters. The van der Waals surface area contributed by atoms with Gasteiger partial charge < -0.3 is 19.3 Å². The smallest absolute Gasteiger partial charge is 0.378 e. The summed E-state index contributed by atoms with van der Waals surface area (Å²) in [6.07, 6.45) is 3.94. The summed E-state index contributed by atoms with van der Waals surface area (Å²) in [6.45, 7) is 8.43. The lowest BCUT2D eigenvalue weighted by molar-refractivity contribution is -0.140. The van der Waals surface area contributed by atoms with Gasteiger partial charge in [0.05, 0.1) is 24.8 Å². The maximum atomic E-state index is 13.0. The van der Waals surface area contributed by atoms with Crippen LogP contribution in [0.25, 0.3) is 0 Å². The first-order valence-electron chi connectivity index (χ1n) is 12.2. The summed E-state index contributed by atoms with van der Waals surface area (Å²) in [6, 6.07) is 7.91. The van der Waals surface area contributed by atoms with E-state index in [1.54, 1.807) is 12.0 Å². The molecule has 0 bridgehead atoms. The summed E-state index contributed by atoms with van der Waals surface area (Å²) in [5.74, 6) is -0.489. The van der Waals surface area contributed by atoms with E-state index in [1.807, 2.05) is 45.2 Å². The molecule has 1 saturated heterocycles. The van der Waals surface area contributed by atoms with Gasteiger partial charge in [0.15, 0.2) is 0 Å². The standard InChI is InChI=1S/C27H34ClN3O4/c1-27(2,3)15-25(32)35-26(33)31-10-5-6-24(31)22-13-19(28)12-18-8-11-30(16-23(18)22)21-7-9-29-20(14-21)17-34-4/h7,9,12-14,24H,5-6,8,10-11,15-17H2,1-4H3. The summed E-state index contributed by atoms with van der Waals surface area (Å²) < 4.78 is 10.5. The van der Waals surface area contributed by atoms with E-state index in [1.165, 1.54) is 11.1 Å². The number of carbonyl (C=O) groups is 2. The molecule has 7 nitrogen and oxygen atoms in total. The zero-order chi connectivity index (χ0) is 25.2. The van der Waals surface area contributed by atoms with E-state index >= 15 is 0 Å². The van der Waals surface area contributed by atoms with Gasteiger partial charge >= 0.3 is 12.1 Å². The van der Waals surface area contributed by atoms with Crippen LogP contribution in [0.15, 0.2) is 30.5 Å². The van der Waals surface area contributed by atoms with Crippen molar-refractivity contribution in [1.29, 1.82) is 0 Å². The number of hydrogen-bond acceptors (Lipinski definition) is 6. The average Bonchev–Trinajstić information content (AvgIpc) is 3.27. The molecule has 0 aliphatic carbocycles. The molecule has 0 radical (unpaired) electrons. The zero-order valence-corrected chi connectivity index (χ0v) is 21.7. The quantitative estimate of drug-likeness (QED) is 0.389. The van der Waals surface area contributed by atoms with Gasteiger partial charge in [-0.3, -0.25) is 9.78 Å². The Labute approximate surface area is 212 Å². The van der Waals surface area contributed by atoms with Gasteiger partial charge in [0.25, 0.3) is 0 Å². The number of esters is 1. The molecule has 188 valence electrons. The van der Waals surface area contributed by atoms with Crippen LogP contribution in [0.3, 0.4) is 0 Å². The topological polar surface area (TPSA) is 72.0 Å². The number of nitrogens with zero attached hydrogens (tertiary/aromatic N) is 3. The van der Waals surface area contributed by atoms with E-state index in [-0.39, 0.29) is 17.9 Å². The second-order valence-corrected chi connectivity index (χ2v) is 11.0. The lowest BCUT2D eigenvalue weighted by Gasteiger charge is -2.35. The Morgan fingerprint density at radius 3 is 2.74 bits per heavy atom. The van der Waals surface area contributed by atoms with E-state index in [4.69, 9.17) is 21.1 Å².